The largest absolute Gasteiger partial charge is 0.391 e. The van der Waals surface area contributed by atoms with E-state index in [9.17, 15) is 14.7 Å². The SMILES string of the molecule is CC(O)C(NC(=O)c1ccc(C#Cc2ccccc2CNCCN)cc1)C(=O)NO. The minimum atomic E-state index is -1.27. The number of carbonyl (C=O) groups is 2. The Labute approximate surface area is 175 Å². The van der Waals surface area contributed by atoms with Crippen LogP contribution in [0.5, 0.6) is 0 Å². The lowest BCUT2D eigenvalue weighted by molar-refractivity contribution is -0.133. The van der Waals surface area contributed by atoms with Crippen LogP contribution in [0.15, 0.2) is 48.5 Å². The van der Waals surface area contributed by atoms with Gasteiger partial charge in [-0.3, -0.25) is 14.8 Å². The van der Waals surface area contributed by atoms with Crippen molar-refractivity contribution in [2.24, 2.45) is 5.73 Å². The van der Waals surface area contributed by atoms with Crippen molar-refractivity contribution >= 4 is 11.8 Å². The van der Waals surface area contributed by atoms with Crippen LogP contribution in [0.4, 0.5) is 0 Å². The number of nitrogens with one attached hydrogen (secondary N) is 3. The van der Waals surface area contributed by atoms with Crippen LogP contribution < -0.4 is 21.8 Å². The van der Waals surface area contributed by atoms with Gasteiger partial charge in [0.15, 0.2) is 0 Å². The van der Waals surface area contributed by atoms with E-state index in [1.807, 2.05) is 24.3 Å². The van der Waals surface area contributed by atoms with Gasteiger partial charge in [-0.25, -0.2) is 5.48 Å². The molecule has 2 aromatic carbocycles. The van der Waals surface area contributed by atoms with Gasteiger partial charge >= 0.3 is 0 Å². The number of benzene rings is 2. The van der Waals surface area contributed by atoms with Crippen LogP contribution in [0.25, 0.3) is 0 Å². The van der Waals surface area contributed by atoms with Crippen LogP contribution in [-0.2, 0) is 11.3 Å². The smallest absolute Gasteiger partial charge is 0.268 e. The number of hydrogen-bond acceptors (Lipinski definition) is 6. The molecule has 0 aliphatic rings. The zero-order valence-electron chi connectivity index (χ0n) is 16.7. The van der Waals surface area contributed by atoms with Crippen molar-refractivity contribution in [3.05, 3.63) is 70.8 Å². The summed E-state index contributed by atoms with van der Waals surface area (Å²) in [6, 6.07) is 13.1. The summed E-state index contributed by atoms with van der Waals surface area (Å²) in [6.07, 6.45) is -1.18. The molecule has 30 heavy (non-hydrogen) atoms. The maximum Gasteiger partial charge on any atom is 0.268 e. The predicted molar refractivity (Wildman–Crippen MR) is 112 cm³/mol. The minimum Gasteiger partial charge on any atom is -0.391 e. The fourth-order valence-electron chi connectivity index (χ4n) is 2.67. The van der Waals surface area contributed by atoms with Crippen molar-refractivity contribution in [3.63, 3.8) is 0 Å². The van der Waals surface area contributed by atoms with Crippen molar-refractivity contribution in [3.8, 4) is 11.8 Å². The second kappa shape index (κ2) is 11.7. The van der Waals surface area contributed by atoms with E-state index >= 15 is 0 Å². The van der Waals surface area contributed by atoms with Crippen molar-refractivity contribution < 1.29 is 19.9 Å². The molecule has 0 spiro atoms. The molecule has 8 heteroatoms. The Morgan fingerprint density at radius 1 is 1.10 bits per heavy atom. The summed E-state index contributed by atoms with van der Waals surface area (Å²) in [5.41, 5.74) is 9.91. The molecule has 158 valence electrons. The van der Waals surface area contributed by atoms with E-state index < -0.39 is 24.0 Å². The summed E-state index contributed by atoms with van der Waals surface area (Å²) in [4.78, 5) is 23.8. The third-order valence-electron chi connectivity index (χ3n) is 4.30. The second-order valence-electron chi connectivity index (χ2n) is 6.62. The number of hydrogen-bond donors (Lipinski definition) is 6. The second-order valence-corrected chi connectivity index (χ2v) is 6.62. The zero-order valence-corrected chi connectivity index (χ0v) is 16.7. The standard InChI is InChI=1S/C22H26N4O4/c1-15(27)20(22(29)26-30)25-21(28)18-10-7-16(8-11-18)6-9-17-4-2-3-5-19(17)14-24-13-12-23/h2-5,7-8,10-11,15,20,24,27,30H,12-14,23H2,1H3,(H,25,28)(H,26,29). The van der Waals surface area contributed by atoms with Gasteiger partial charge in [-0.05, 0) is 42.8 Å². The number of carbonyl (C=O) groups excluding carboxylic acids is 2. The monoisotopic (exact) mass is 410 g/mol. The number of hydroxylamine groups is 1. The topological polar surface area (TPSA) is 137 Å². The quantitative estimate of drug-likeness (QED) is 0.158. The Kier molecular flexibility index (Phi) is 9.00. The van der Waals surface area contributed by atoms with Gasteiger partial charge in [-0.15, -0.1) is 0 Å². The Morgan fingerprint density at radius 2 is 1.80 bits per heavy atom. The Morgan fingerprint density at radius 3 is 2.43 bits per heavy atom. The predicted octanol–water partition coefficient (Wildman–Crippen LogP) is 0.119. The molecule has 0 aromatic heterocycles. The maximum atomic E-state index is 12.3. The maximum absolute atomic E-state index is 12.3. The van der Waals surface area contributed by atoms with E-state index in [-0.39, 0.29) is 0 Å². The summed E-state index contributed by atoms with van der Waals surface area (Å²) in [7, 11) is 0. The van der Waals surface area contributed by atoms with Crippen LogP contribution in [0, 0.1) is 11.8 Å². The van der Waals surface area contributed by atoms with Crippen molar-refractivity contribution in [1.82, 2.24) is 16.1 Å². The van der Waals surface area contributed by atoms with Crippen molar-refractivity contribution in [2.45, 2.75) is 25.6 Å². The fourth-order valence-corrected chi connectivity index (χ4v) is 2.67. The highest BCUT2D eigenvalue weighted by atomic mass is 16.5. The van der Waals surface area contributed by atoms with E-state index in [1.165, 1.54) is 12.4 Å². The van der Waals surface area contributed by atoms with E-state index in [0.717, 1.165) is 23.2 Å². The molecule has 0 aliphatic carbocycles. The zero-order chi connectivity index (χ0) is 21.9. The van der Waals surface area contributed by atoms with Crippen LogP contribution in [-0.4, -0.2) is 47.4 Å². The first-order valence-electron chi connectivity index (χ1n) is 9.50. The number of rotatable bonds is 8. The molecule has 7 N–H and O–H groups in total. The molecular formula is C22H26N4O4. The summed E-state index contributed by atoms with van der Waals surface area (Å²) >= 11 is 0. The first-order valence-corrected chi connectivity index (χ1v) is 9.50. The van der Waals surface area contributed by atoms with Gasteiger partial charge < -0.3 is 21.5 Å². The Hall–Kier alpha value is -3.22. The number of nitrogens with two attached hydrogens (primary N) is 1. The number of aliphatic hydroxyl groups excluding tert-OH is 1. The summed E-state index contributed by atoms with van der Waals surface area (Å²) in [6.45, 7) is 3.30. The van der Waals surface area contributed by atoms with Gasteiger partial charge in [0.2, 0.25) is 0 Å². The normalized spacial score (nSPS) is 12.3. The Bertz CT molecular complexity index is 917. The van der Waals surface area contributed by atoms with E-state index in [2.05, 4.69) is 22.5 Å². The molecule has 0 saturated heterocycles. The number of amides is 2. The van der Waals surface area contributed by atoms with E-state index in [1.54, 1.807) is 24.3 Å². The van der Waals surface area contributed by atoms with Crippen LogP contribution in [0.2, 0.25) is 0 Å². The molecule has 8 nitrogen and oxygen atoms in total. The van der Waals surface area contributed by atoms with Crippen LogP contribution in [0.1, 0.15) is 34.0 Å². The first-order chi connectivity index (χ1) is 14.5. The van der Waals surface area contributed by atoms with Gasteiger partial charge in [0.1, 0.15) is 6.04 Å². The van der Waals surface area contributed by atoms with Gasteiger partial charge in [-0.2, -0.15) is 0 Å². The highest BCUT2D eigenvalue weighted by Crippen LogP contribution is 2.09. The van der Waals surface area contributed by atoms with E-state index in [4.69, 9.17) is 10.9 Å². The highest BCUT2D eigenvalue weighted by Gasteiger charge is 2.25. The average molecular weight is 410 g/mol. The highest BCUT2D eigenvalue weighted by molar-refractivity contribution is 5.97. The molecule has 0 radical (unpaired) electrons. The molecular weight excluding hydrogens is 384 g/mol. The van der Waals surface area contributed by atoms with Gasteiger partial charge in [0, 0.05) is 36.3 Å². The molecule has 0 heterocycles. The molecule has 2 unspecified atom stereocenters. The lowest BCUT2D eigenvalue weighted by atomic mass is 10.1. The fraction of sp³-hybridized carbons (Fsp3) is 0.273. The van der Waals surface area contributed by atoms with Crippen LogP contribution in [0.3, 0.4) is 0 Å². The summed E-state index contributed by atoms with van der Waals surface area (Å²) in [5.74, 6) is 4.75. The van der Waals surface area contributed by atoms with Gasteiger partial charge in [0.25, 0.3) is 11.8 Å². The Balaban J connectivity index is 2.09. The van der Waals surface area contributed by atoms with Gasteiger partial charge in [0.05, 0.1) is 6.10 Å². The van der Waals surface area contributed by atoms with Gasteiger partial charge in [-0.1, -0.05) is 30.0 Å². The lowest BCUT2D eigenvalue weighted by Crippen LogP contribution is -2.51. The van der Waals surface area contributed by atoms with Crippen molar-refractivity contribution in [1.29, 1.82) is 0 Å². The third-order valence-corrected chi connectivity index (χ3v) is 4.30. The lowest BCUT2D eigenvalue weighted by Gasteiger charge is -2.19. The molecule has 0 saturated carbocycles. The molecule has 2 rings (SSSR count). The molecule has 2 atom stereocenters. The number of aliphatic hydroxyl groups is 1. The minimum absolute atomic E-state index is 0.295. The molecule has 0 fully saturated rings. The summed E-state index contributed by atoms with van der Waals surface area (Å²) < 4.78 is 0. The molecule has 0 bridgehead atoms. The van der Waals surface area contributed by atoms with E-state index in [0.29, 0.717) is 18.7 Å². The molecule has 0 aliphatic heterocycles. The molecule has 2 aromatic rings. The van der Waals surface area contributed by atoms with Crippen LogP contribution >= 0.6 is 0 Å². The third kappa shape index (κ3) is 6.69. The summed E-state index contributed by atoms with van der Waals surface area (Å²) in [5, 5.41) is 24.0. The average Bonchev–Trinajstić information content (AvgIpc) is 2.76. The first kappa shape index (κ1) is 23.1. The molecule has 2 amide bonds. The van der Waals surface area contributed by atoms with Crippen molar-refractivity contribution in [2.75, 3.05) is 13.1 Å².